The van der Waals surface area contributed by atoms with Gasteiger partial charge in [0.05, 0.1) is 15.2 Å². The predicted octanol–water partition coefficient (Wildman–Crippen LogP) is 2.69. The zero-order chi connectivity index (χ0) is 23.7. The molecule has 1 aliphatic heterocycles. The fraction of sp³-hybridized carbons (Fsp3) is 0.333. The first kappa shape index (κ1) is 23.6. The number of hydrogen-bond donors (Lipinski definition) is 1. The first-order chi connectivity index (χ1) is 14.9. The quantitative estimate of drug-likeness (QED) is 0.648. The van der Waals surface area contributed by atoms with Crippen LogP contribution in [-0.2, 0) is 9.84 Å². The maximum absolute atomic E-state index is 13.1. The maximum Gasteiger partial charge on any atom is 0.422 e. The summed E-state index contributed by atoms with van der Waals surface area (Å²) >= 11 is 6.01. The fourth-order valence-corrected chi connectivity index (χ4v) is 5.37. The van der Waals surface area contributed by atoms with Crippen LogP contribution >= 0.6 is 11.6 Å². The third-order valence-corrected chi connectivity index (χ3v) is 7.25. The van der Waals surface area contributed by atoms with Crippen molar-refractivity contribution in [2.45, 2.75) is 22.7 Å². The number of carboxylic acid groups (broad SMARTS) is 1. The maximum atomic E-state index is 13.1. The zero-order valence-corrected chi connectivity index (χ0v) is 17.6. The van der Waals surface area contributed by atoms with Gasteiger partial charge >= 0.3 is 12.1 Å². The Bertz CT molecular complexity index is 1200. The lowest BCUT2D eigenvalue weighted by Crippen LogP contribution is -2.29. The van der Waals surface area contributed by atoms with Gasteiger partial charge in [-0.05, 0) is 18.6 Å². The van der Waals surface area contributed by atoms with Crippen molar-refractivity contribution in [3.05, 3.63) is 40.8 Å². The minimum atomic E-state index is -4.56. The molecule has 1 N–H and O–H groups in total. The number of aromatic carboxylic acids is 1. The van der Waals surface area contributed by atoms with Crippen LogP contribution in [0.25, 0.3) is 0 Å². The minimum absolute atomic E-state index is 0.0799. The summed E-state index contributed by atoms with van der Waals surface area (Å²) in [5, 5.41) is 17.0. The number of hydrogen-bond acceptors (Lipinski definition) is 8. The Hall–Kier alpha value is -3.11. The van der Waals surface area contributed by atoms with Gasteiger partial charge in [-0.25, -0.2) is 23.2 Å². The van der Waals surface area contributed by atoms with Crippen molar-refractivity contribution >= 4 is 33.2 Å². The van der Waals surface area contributed by atoms with Crippen LogP contribution in [0.4, 0.5) is 19.0 Å². The Morgan fingerprint density at radius 3 is 2.72 bits per heavy atom. The largest absolute Gasteiger partial charge is 0.484 e. The minimum Gasteiger partial charge on any atom is -0.484 e. The number of nitriles is 1. The van der Waals surface area contributed by atoms with E-state index in [1.807, 2.05) is 0 Å². The number of nitrogens with zero attached hydrogens (tertiary/aromatic N) is 4. The summed E-state index contributed by atoms with van der Waals surface area (Å²) < 4.78 is 67.6. The van der Waals surface area contributed by atoms with Crippen molar-refractivity contribution in [1.29, 1.82) is 5.26 Å². The van der Waals surface area contributed by atoms with Gasteiger partial charge in [0.1, 0.15) is 23.2 Å². The highest BCUT2D eigenvalue weighted by atomic mass is 35.5. The van der Waals surface area contributed by atoms with Crippen molar-refractivity contribution in [3.8, 4) is 11.8 Å². The molecule has 9 nitrogen and oxygen atoms in total. The van der Waals surface area contributed by atoms with Crippen molar-refractivity contribution < 1.29 is 36.2 Å². The molecule has 1 fully saturated rings. The molecule has 1 aromatic heterocycles. The first-order valence-corrected chi connectivity index (χ1v) is 10.8. The van der Waals surface area contributed by atoms with E-state index in [1.54, 1.807) is 6.07 Å². The lowest BCUT2D eigenvalue weighted by atomic mass is 10.3. The van der Waals surface area contributed by atoms with Gasteiger partial charge in [0.25, 0.3) is 0 Å². The van der Waals surface area contributed by atoms with Gasteiger partial charge in [-0.3, -0.25) is 0 Å². The summed E-state index contributed by atoms with van der Waals surface area (Å²) in [4.78, 5) is 20.1. The number of alkyl halides is 3. The number of carbonyl (C=O) groups is 1. The van der Waals surface area contributed by atoms with Crippen molar-refractivity contribution in [2.24, 2.45) is 0 Å². The van der Waals surface area contributed by atoms with Crippen LogP contribution < -0.4 is 9.64 Å². The molecule has 2 aromatic rings. The molecule has 0 radical (unpaired) electrons. The van der Waals surface area contributed by atoms with E-state index in [4.69, 9.17) is 16.9 Å². The Kier molecular flexibility index (Phi) is 6.47. The molecule has 0 amide bonds. The van der Waals surface area contributed by atoms with Gasteiger partial charge in [0, 0.05) is 25.4 Å². The van der Waals surface area contributed by atoms with E-state index in [1.165, 1.54) is 4.90 Å². The second kappa shape index (κ2) is 8.79. The molecule has 2 heterocycles. The number of carboxylic acids is 1. The van der Waals surface area contributed by atoms with Crippen LogP contribution in [0, 0.1) is 11.3 Å². The second-order valence-corrected chi connectivity index (χ2v) is 9.35. The molecule has 0 saturated carbocycles. The highest BCUT2D eigenvalue weighted by Gasteiger charge is 2.37. The molecule has 170 valence electrons. The van der Waals surface area contributed by atoms with Gasteiger partial charge in [-0.2, -0.15) is 18.4 Å². The van der Waals surface area contributed by atoms with Crippen molar-refractivity contribution in [3.63, 3.8) is 0 Å². The summed E-state index contributed by atoms with van der Waals surface area (Å²) in [6.45, 7) is -1.55. The van der Waals surface area contributed by atoms with Crippen molar-refractivity contribution in [1.82, 2.24) is 9.97 Å². The highest BCUT2D eigenvalue weighted by Crippen LogP contribution is 2.33. The van der Waals surface area contributed by atoms with E-state index in [0.717, 1.165) is 24.4 Å². The molecule has 14 heteroatoms. The first-order valence-electron chi connectivity index (χ1n) is 8.91. The molecule has 1 aromatic carbocycles. The number of sulfone groups is 1. The van der Waals surface area contributed by atoms with Gasteiger partial charge in [0.2, 0.25) is 5.82 Å². The number of ether oxygens (including phenoxy) is 1. The number of rotatable bonds is 6. The van der Waals surface area contributed by atoms with Gasteiger partial charge < -0.3 is 14.7 Å². The molecule has 1 aliphatic rings. The van der Waals surface area contributed by atoms with E-state index in [2.05, 4.69) is 14.7 Å². The molecule has 0 bridgehead atoms. The summed E-state index contributed by atoms with van der Waals surface area (Å²) in [6.07, 6.45) is -3.48. The van der Waals surface area contributed by atoms with Crippen LogP contribution in [0.2, 0.25) is 5.02 Å². The van der Waals surface area contributed by atoms with E-state index < -0.39 is 33.8 Å². The average molecular weight is 491 g/mol. The molecule has 1 unspecified atom stereocenters. The molecule has 0 aliphatic carbocycles. The zero-order valence-electron chi connectivity index (χ0n) is 16.0. The smallest absolute Gasteiger partial charge is 0.422 e. The van der Waals surface area contributed by atoms with Crippen molar-refractivity contribution in [2.75, 3.05) is 24.6 Å². The molecule has 3 rings (SSSR count). The third kappa shape index (κ3) is 5.03. The molecular formula is C18H14ClF3N4O5S. The lowest BCUT2D eigenvalue weighted by Gasteiger charge is -2.19. The fourth-order valence-electron chi connectivity index (χ4n) is 3.14. The summed E-state index contributed by atoms with van der Waals surface area (Å²) in [6, 6.07) is 4.82. The number of anilines is 1. The van der Waals surface area contributed by atoms with E-state index >= 15 is 0 Å². The average Bonchev–Trinajstić information content (AvgIpc) is 3.22. The summed E-state index contributed by atoms with van der Waals surface area (Å²) in [5.41, 5.74) is -0.286. The monoisotopic (exact) mass is 490 g/mol. The standard InChI is InChI=1S/C18H14ClF3N4O5S/c19-13-5-10(31-9-18(20,21)22)1-2-14(13)32(29,30)11-3-4-26(8-11)16-12(17(27)28)7-24-15(6-23)25-16/h1-2,5,7,11H,3-4,8-9H2,(H,27,28). The van der Waals surface area contributed by atoms with Crippen LogP contribution in [0.3, 0.4) is 0 Å². The SMILES string of the molecule is N#Cc1ncc(C(=O)O)c(N2CCC(S(=O)(=O)c3ccc(OCC(F)(F)F)cc3Cl)C2)n1. The number of halogens is 4. The Labute approximate surface area is 184 Å². The van der Waals surface area contributed by atoms with Crippen LogP contribution in [0.5, 0.6) is 5.75 Å². The van der Waals surface area contributed by atoms with Gasteiger partial charge in [-0.1, -0.05) is 11.6 Å². The van der Waals surface area contributed by atoms with Crippen LogP contribution in [-0.4, -0.2) is 60.6 Å². The topological polar surface area (TPSA) is 133 Å². The Morgan fingerprint density at radius 2 is 2.12 bits per heavy atom. The van der Waals surface area contributed by atoms with Gasteiger partial charge in [0.15, 0.2) is 16.4 Å². The molecule has 1 saturated heterocycles. The summed E-state index contributed by atoms with van der Waals surface area (Å²) in [5.74, 6) is -1.93. The van der Waals surface area contributed by atoms with Gasteiger partial charge in [-0.15, -0.1) is 0 Å². The molecule has 1 atom stereocenters. The predicted molar refractivity (Wildman–Crippen MR) is 105 cm³/mol. The Morgan fingerprint density at radius 1 is 1.41 bits per heavy atom. The Balaban J connectivity index is 1.83. The number of aromatic nitrogens is 2. The lowest BCUT2D eigenvalue weighted by molar-refractivity contribution is -0.153. The molecular weight excluding hydrogens is 477 g/mol. The number of benzene rings is 1. The third-order valence-electron chi connectivity index (χ3n) is 4.59. The molecule has 32 heavy (non-hydrogen) atoms. The van der Waals surface area contributed by atoms with E-state index in [0.29, 0.717) is 0 Å². The van der Waals surface area contributed by atoms with E-state index in [9.17, 15) is 31.5 Å². The second-order valence-electron chi connectivity index (χ2n) is 6.75. The summed E-state index contributed by atoms with van der Waals surface area (Å²) in [7, 11) is -4.03. The van der Waals surface area contributed by atoms with E-state index in [-0.39, 0.29) is 52.4 Å². The normalized spacial score (nSPS) is 16.6. The highest BCUT2D eigenvalue weighted by molar-refractivity contribution is 7.92. The van der Waals surface area contributed by atoms with Crippen LogP contribution in [0.15, 0.2) is 29.3 Å². The van der Waals surface area contributed by atoms with Crippen LogP contribution in [0.1, 0.15) is 22.6 Å². The molecule has 0 spiro atoms.